The van der Waals surface area contributed by atoms with Gasteiger partial charge in [0.25, 0.3) is 11.5 Å². The number of rotatable bonds is 5. The second-order valence-electron chi connectivity index (χ2n) is 5.98. The molecule has 2 aromatic heterocycles. The Morgan fingerprint density at radius 3 is 2.53 bits per heavy atom. The van der Waals surface area contributed by atoms with Crippen molar-refractivity contribution in [1.82, 2.24) is 25.3 Å². The van der Waals surface area contributed by atoms with Crippen LogP contribution in [-0.2, 0) is 0 Å². The van der Waals surface area contributed by atoms with Gasteiger partial charge in [0.1, 0.15) is 5.69 Å². The number of nitrogens with one attached hydrogen (secondary N) is 2. The lowest BCUT2D eigenvalue weighted by Gasteiger charge is -2.16. The molecule has 0 radical (unpaired) electrons. The number of nitrogens with zero attached hydrogens (tertiary/aromatic N) is 3. The predicted octanol–water partition coefficient (Wildman–Crippen LogP) is 2.76. The summed E-state index contributed by atoms with van der Waals surface area (Å²) in [5.41, 5.74) is -0.692. The second kappa shape index (κ2) is 8.27. The third kappa shape index (κ3) is 5.16. The van der Waals surface area contributed by atoms with Gasteiger partial charge in [0.15, 0.2) is 23.2 Å². The van der Waals surface area contributed by atoms with Crippen LogP contribution in [0.5, 0.6) is 5.75 Å². The van der Waals surface area contributed by atoms with Crippen LogP contribution in [0.3, 0.4) is 0 Å². The molecule has 0 aliphatic carbocycles. The zero-order chi connectivity index (χ0) is 21.9. The highest BCUT2D eigenvalue weighted by atomic mass is 19.4. The number of alkyl halides is 3. The van der Waals surface area contributed by atoms with Gasteiger partial charge in [0, 0.05) is 18.5 Å². The molecular weight excluding hydrogens is 410 g/mol. The molecule has 12 heteroatoms. The van der Waals surface area contributed by atoms with Gasteiger partial charge in [0.05, 0.1) is 6.04 Å². The molecule has 3 rings (SSSR count). The van der Waals surface area contributed by atoms with Crippen LogP contribution in [0, 0.1) is 5.82 Å². The standard InChI is InChI=1S/C18H13F4N5O3/c1-9(10-3-4-13(11(19)7-10)30-18(20,21)22)25-17(29)12-8-14(28)27-16(26-12)15-23-5-2-6-24-15/h2-9H,1H3,(H,25,29)(H,26,27,28). The van der Waals surface area contributed by atoms with Crippen LogP contribution in [0.4, 0.5) is 17.6 Å². The first-order valence-corrected chi connectivity index (χ1v) is 8.37. The number of carbonyl (C=O) groups is 1. The van der Waals surface area contributed by atoms with E-state index in [4.69, 9.17) is 0 Å². The topological polar surface area (TPSA) is 110 Å². The summed E-state index contributed by atoms with van der Waals surface area (Å²) < 4.78 is 54.2. The Kier molecular flexibility index (Phi) is 5.76. The van der Waals surface area contributed by atoms with Crippen molar-refractivity contribution < 1.29 is 27.1 Å². The van der Waals surface area contributed by atoms with E-state index in [0.29, 0.717) is 0 Å². The third-order valence-electron chi connectivity index (χ3n) is 3.78. The van der Waals surface area contributed by atoms with Gasteiger partial charge in [0.2, 0.25) is 0 Å². The van der Waals surface area contributed by atoms with Gasteiger partial charge in [-0.05, 0) is 30.7 Å². The molecule has 0 saturated heterocycles. The minimum Gasteiger partial charge on any atom is -0.403 e. The van der Waals surface area contributed by atoms with Gasteiger partial charge in [-0.2, -0.15) is 0 Å². The SMILES string of the molecule is CC(NC(=O)c1cc(=O)[nH]c(-c2ncccn2)n1)c1ccc(OC(F)(F)F)c(F)c1. The molecule has 1 unspecified atom stereocenters. The van der Waals surface area contributed by atoms with Crippen molar-refractivity contribution in [2.45, 2.75) is 19.3 Å². The summed E-state index contributed by atoms with van der Waals surface area (Å²) in [5.74, 6) is -2.93. The van der Waals surface area contributed by atoms with Crippen LogP contribution in [0.15, 0.2) is 47.5 Å². The van der Waals surface area contributed by atoms with E-state index >= 15 is 0 Å². The average Bonchev–Trinajstić information content (AvgIpc) is 2.68. The van der Waals surface area contributed by atoms with Crippen molar-refractivity contribution in [3.05, 3.63) is 70.2 Å². The van der Waals surface area contributed by atoms with Crippen molar-refractivity contribution in [3.63, 3.8) is 0 Å². The number of carbonyl (C=O) groups excluding carboxylic acids is 1. The lowest BCUT2D eigenvalue weighted by Crippen LogP contribution is -2.29. The van der Waals surface area contributed by atoms with E-state index in [2.05, 4.69) is 30.0 Å². The minimum atomic E-state index is -5.03. The maximum atomic E-state index is 13.9. The molecule has 2 N–H and O–H groups in total. The normalized spacial score (nSPS) is 12.3. The number of benzene rings is 1. The van der Waals surface area contributed by atoms with Gasteiger partial charge >= 0.3 is 6.36 Å². The van der Waals surface area contributed by atoms with E-state index in [1.54, 1.807) is 6.07 Å². The fourth-order valence-corrected chi connectivity index (χ4v) is 2.45. The van der Waals surface area contributed by atoms with Crippen molar-refractivity contribution in [3.8, 4) is 17.4 Å². The van der Waals surface area contributed by atoms with Crippen LogP contribution >= 0.6 is 0 Å². The van der Waals surface area contributed by atoms with Gasteiger partial charge in [-0.3, -0.25) is 9.59 Å². The number of halogens is 4. The summed E-state index contributed by atoms with van der Waals surface area (Å²) >= 11 is 0. The Hall–Kier alpha value is -3.83. The second-order valence-corrected chi connectivity index (χ2v) is 5.98. The van der Waals surface area contributed by atoms with Crippen LogP contribution < -0.4 is 15.6 Å². The minimum absolute atomic E-state index is 0.0272. The van der Waals surface area contributed by atoms with Gasteiger partial charge in [-0.25, -0.2) is 19.3 Å². The Bertz CT molecular complexity index is 1120. The van der Waals surface area contributed by atoms with Crippen molar-refractivity contribution in [2.24, 2.45) is 0 Å². The molecule has 0 spiro atoms. The summed E-state index contributed by atoms with van der Waals surface area (Å²) in [5, 5.41) is 2.49. The van der Waals surface area contributed by atoms with E-state index in [0.717, 1.165) is 18.2 Å². The van der Waals surface area contributed by atoms with Gasteiger partial charge in [-0.1, -0.05) is 6.07 Å². The molecule has 1 amide bonds. The Morgan fingerprint density at radius 2 is 1.90 bits per heavy atom. The van der Waals surface area contributed by atoms with Crippen LogP contribution in [0.1, 0.15) is 29.0 Å². The molecule has 1 aromatic carbocycles. The molecule has 2 heterocycles. The zero-order valence-electron chi connectivity index (χ0n) is 15.2. The quantitative estimate of drug-likeness (QED) is 0.611. The van der Waals surface area contributed by atoms with Gasteiger partial charge in [-0.15, -0.1) is 13.2 Å². The molecule has 0 bridgehead atoms. The number of amides is 1. The summed E-state index contributed by atoms with van der Waals surface area (Å²) in [6.45, 7) is 1.48. The fourth-order valence-electron chi connectivity index (χ4n) is 2.45. The maximum Gasteiger partial charge on any atom is 0.573 e. The van der Waals surface area contributed by atoms with E-state index in [1.807, 2.05) is 0 Å². The largest absolute Gasteiger partial charge is 0.573 e. The molecule has 30 heavy (non-hydrogen) atoms. The molecule has 156 valence electrons. The number of H-pyrrole nitrogens is 1. The summed E-state index contributed by atoms with van der Waals surface area (Å²) in [7, 11) is 0. The number of hydrogen-bond donors (Lipinski definition) is 2. The molecular formula is C18H13F4N5O3. The maximum absolute atomic E-state index is 13.9. The fraction of sp³-hybridized carbons (Fsp3) is 0.167. The van der Waals surface area contributed by atoms with Gasteiger partial charge < -0.3 is 15.0 Å². The van der Waals surface area contributed by atoms with Crippen LogP contribution in [0.25, 0.3) is 11.6 Å². The van der Waals surface area contributed by atoms with Crippen molar-refractivity contribution >= 4 is 5.91 Å². The van der Waals surface area contributed by atoms with E-state index in [-0.39, 0.29) is 22.9 Å². The molecule has 3 aromatic rings. The van der Waals surface area contributed by atoms with Crippen LogP contribution in [0.2, 0.25) is 0 Å². The summed E-state index contributed by atoms with van der Waals surface area (Å²) in [6, 6.07) is 4.48. The number of aromatic nitrogens is 4. The monoisotopic (exact) mass is 423 g/mol. The number of hydrogen-bond acceptors (Lipinski definition) is 6. The molecule has 1 atom stereocenters. The lowest BCUT2D eigenvalue weighted by atomic mass is 10.1. The first-order chi connectivity index (χ1) is 14.1. The Labute approximate surface area is 166 Å². The Balaban J connectivity index is 1.78. The zero-order valence-corrected chi connectivity index (χ0v) is 15.2. The predicted molar refractivity (Wildman–Crippen MR) is 94.8 cm³/mol. The molecule has 0 aliphatic rings. The smallest absolute Gasteiger partial charge is 0.403 e. The summed E-state index contributed by atoms with van der Waals surface area (Å²) in [4.78, 5) is 38.6. The molecule has 0 aliphatic heterocycles. The highest BCUT2D eigenvalue weighted by Gasteiger charge is 2.32. The highest BCUT2D eigenvalue weighted by Crippen LogP contribution is 2.27. The van der Waals surface area contributed by atoms with Crippen molar-refractivity contribution in [2.75, 3.05) is 0 Å². The van der Waals surface area contributed by atoms with E-state index < -0.39 is 35.4 Å². The molecule has 0 saturated carbocycles. The Morgan fingerprint density at radius 1 is 1.20 bits per heavy atom. The van der Waals surface area contributed by atoms with E-state index in [9.17, 15) is 27.2 Å². The lowest BCUT2D eigenvalue weighted by molar-refractivity contribution is -0.275. The molecule has 0 fully saturated rings. The van der Waals surface area contributed by atoms with Crippen LogP contribution in [-0.4, -0.2) is 32.2 Å². The first kappa shape index (κ1) is 20.9. The number of aromatic amines is 1. The third-order valence-corrected chi connectivity index (χ3v) is 3.78. The highest BCUT2D eigenvalue weighted by molar-refractivity contribution is 5.92. The molecule has 8 nitrogen and oxygen atoms in total. The first-order valence-electron chi connectivity index (χ1n) is 8.37. The number of ether oxygens (including phenoxy) is 1. The average molecular weight is 423 g/mol. The van der Waals surface area contributed by atoms with Crippen molar-refractivity contribution in [1.29, 1.82) is 0 Å². The summed E-state index contributed by atoms with van der Waals surface area (Å²) in [6.07, 6.45) is -2.18. The van der Waals surface area contributed by atoms with E-state index in [1.165, 1.54) is 25.4 Å².